The predicted octanol–water partition coefficient (Wildman–Crippen LogP) is 6.41. The van der Waals surface area contributed by atoms with Crippen LogP contribution in [0.4, 0.5) is 40.8 Å². The van der Waals surface area contributed by atoms with Crippen molar-refractivity contribution in [2.75, 3.05) is 12.0 Å². The number of anilines is 1. The number of hydrogen-bond acceptors (Lipinski definition) is 3. The van der Waals surface area contributed by atoms with Gasteiger partial charge in [0.15, 0.2) is 29.0 Å². The normalized spacial score (nSPS) is 14.3. The fraction of sp³-hybridized carbons (Fsp3) is 0.160. The van der Waals surface area contributed by atoms with Crippen LogP contribution in [-0.2, 0) is 22.5 Å². The molecule has 0 fully saturated rings. The molecule has 0 spiro atoms. The van der Waals surface area contributed by atoms with E-state index < -0.39 is 76.0 Å². The van der Waals surface area contributed by atoms with Crippen LogP contribution < -0.4 is 9.64 Å². The van der Waals surface area contributed by atoms with Crippen molar-refractivity contribution in [2.24, 2.45) is 0 Å². The van der Waals surface area contributed by atoms with Crippen LogP contribution in [-0.4, -0.2) is 19.1 Å². The second-order valence-electron chi connectivity index (χ2n) is 7.99. The lowest BCUT2D eigenvalue weighted by molar-refractivity contribution is -0.193. The fourth-order valence-corrected chi connectivity index (χ4v) is 3.72. The second kappa shape index (κ2) is 9.41. The second-order valence-corrected chi connectivity index (χ2v) is 7.99. The molecule has 0 N–H and O–H groups in total. The highest BCUT2D eigenvalue weighted by atomic mass is 19.3. The number of nitrogens with zero attached hydrogens (tertiary/aromatic N) is 1. The number of methoxy groups -OCH3 is 1. The topological polar surface area (TPSA) is 38.8 Å². The van der Waals surface area contributed by atoms with Crippen molar-refractivity contribution >= 4 is 11.6 Å². The number of carbonyl (C=O) groups is 1. The third kappa shape index (κ3) is 4.58. The first-order chi connectivity index (χ1) is 17.4. The molecule has 1 amide bonds. The van der Waals surface area contributed by atoms with Crippen molar-refractivity contribution in [3.8, 4) is 16.9 Å². The molecule has 1 aliphatic rings. The number of benzene rings is 3. The molecule has 0 radical (unpaired) electrons. The maximum absolute atomic E-state index is 14.8. The van der Waals surface area contributed by atoms with E-state index in [1.807, 2.05) is 0 Å². The Labute approximate surface area is 204 Å². The van der Waals surface area contributed by atoms with Gasteiger partial charge in [-0.05, 0) is 17.2 Å². The molecule has 1 heterocycles. The molecule has 0 saturated heterocycles. The lowest BCUT2D eigenvalue weighted by Crippen LogP contribution is -2.50. The number of rotatable bonds is 6. The number of carbonyl (C=O) groups excluding carboxylic acids is 1. The number of allylic oxidation sites excluding steroid dienone is 1. The van der Waals surface area contributed by atoms with Gasteiger partial charge in [0.05, 0.1) is 30.7 Å². The van der Waals surface area contributed by atoms with Gasteiger partial charge in [-0.3, -0.25) is 9.69 Å². The third-order valence-electron chi connectivity index (χ3n) is 5.60. The van der Waals surface area contributed by atoms with Crippen molar-refractivity contribution in [1.82, 2.24) is 0 Å². The van der Waals surface area contributed by atoms with E-state index in [0.717, 1.165) is 5.56 Å². The molecular weight excluding hydrogens is 514 g/mol. The summed E-state index contributed by atoms with van der Waals surface area (Å²) < 4.78 is 122. The number of fused-ring (bicyclic) bond motifs is 1. The van der Waals surface area contributed by atoms with Crippen LogP contribution in [0.3, 0.4) is 0 Å². The fourth-order valence-electron chi connectivity index (χ4n) is 3.72. The van der Waals surface area contributed by atoms with Crippen molar-refractivity contribution in [2.45, 2.75) is 19.1 Å². The Balaban J connectivity index is 1.81. The van der Waals surface area contributed by atoms with Gasteiger partial charge in [-0.2, -0.15) is 8.78 Å². The third-order valence-corrected chi connectivity index (χ3v) is 5.60. The molecular formula is C25H15F8NO3. The summed E-state index contributed by atoms with van der Waals surface area (Å²) >= 11 is 0. The molecule has 0 saturated carbocycles. The van der Waals surface area contributed by atoms with Crippen molar-refractivity contribution in [3.05, 3.63) is 94.8 Å². The van der Waals surface area contributed by atoms with E-state index >= 15 is 0 Å². The molecule has 3 aromatic rings. The van der Waals surface area contributed by atoms with Gasteiger partial charge < -0.3 is 9.47 Å². The number of halogens is 8. The lowest BCUT2D eigenvalue weighted by atomic mass is 10.00. The molecule has 0 aliphatic carbocycles. The van der Waals surface area contributed by atoms with Crippen molar-refractivity contribution in [3.63, 3.8) is 0 Å². The molecule has 0 aromatic heterocycles. The summed E-state index contributed by atoms with van der Waals surface area (Å²) in [5.74, 6) is -15.8. The maximum atomic E-state index is 14.8. The van der Waals surface area contributed by atoms with Crippen LogP contribution in [0.25, 0.3) is 11.1 Å². The zero-order valence-corrected chi connectivity index (χ0v) is 18.8. The highest BCUT2D eigenvalue weighted by molar-refractivity contribution is 6.01. The smallest absolute Gasteiger partial charge is 0.482 e. The zero-order valence-electron chi connectivity index (χ0n) is 18.8. The van der Waals surface area contributed by atoms with Crippen LogP contribution in [0.1, 0.15) is 11.1 Å². The Bertz CT molecular complexity index is 1390. The van der Waals surface area contributed by atoms with Crippen LogP contribution in [0.2, 0.25) is 0 Å². The minimum Gasteiger partial charge on any atom is -0.501 e. The van der Waals surface area contributed by atoms with E-state index in [-0.39, 0.29) is 6.07 Å². The molecule has 194 valence electrons. The Kier molecular flexibility index (Phi) is 6.61. The number of alkyl halides is 2. The summed E-state index contributed by atoms with van der Waals surface area (Å²) in [6.07, 6.45) is -4.08. The Hall–Kier alpha value is -4.09. The largest absolute Gasteiger partial charge is 0.501 e. The van der Waals surface area contributed by atoms with E-state index in [4.69, 9.17) is 4.74 Å². The quantitative estimate of drug-likeness (QED) is 0.160. The van der Waals surface area contributed by atoms with Gasteiger partial charge in [0, 0.05) is 18.1 Å². The first-order valence-electron chi connectivity index (χ1n) is 10.4. The van der Waals surface area contributed by atoms with Gasteiger partial charge in [0.25, 0.3) is 0 Å². The van der Waals surface area contributed by atoms with E-state index in [9.17, 15) is 39.9 Å². The average Bonchev–Trinajstić information content (AvgIpc) is 2.86. The van der Waals surface area contributed by atoms with Crippen LogP contribution >= 0.6 is 0 Å². The minimum atomic E-state index is -4.43. The summed E-state index contributed by atoms with van der Waals surface area (Å²) in [4.78, 5) is 13.0. The van der Waals surface area contributed by atoms with Gasteiger partial charge >= 0.3 is 12.0 Å². The SMILES string of the molecule is C=C(Cc1ccc(CN2C(=O)C(F)(F)Oc3cc(F)c(-c4c(F)c(F)c(F)c(F)c4F)cc32)cc1)OC. The molecule has 0 bridgehead atoms. The van der Waals surface area contributed by atoms with Gasteiger partial charge in [-0.1, -0.05) is 30.8 Å². The van der Waals surface area contributed by atoms with E-state index in [1.54, 1.807) is 12.1 Å². The zero-order chi connectivity index (χ0) is 27.2. The highest BCUT2D eigenvalue weighted by Gasteiger charge is 2.51. The summed E-state index contributed by atoms with van der Waals surface area (Å²) in [6, 6.07) is 6.98. The molecule has 37 heavy (non-hydrogen) atoms. The molecule has 1 aliphatic heterocycles. The number of hydrogen-bond donors (Lipinski definition) is 0. The Morgan fingerprint density at radius 3 is 2.03 bits per heavy atom. The number of amides is 1. The molecule has 12 heteroatoms. The standard InChI is InChI=1S/C25H15F8NO3/c1-11(36-2)7-12-3-5-13(6-4-12)10-34-16-8-14(15(26)9-17(16)37-25(32,33)24(34)35)18-19(27)21(29)23(31)22(30)20(18)28/h3-6,8-9H,1,7,10H2,2H3. The Morgan fingerprint density at radius 2 is 1.46 bits per heavy atom. The summed E-state index contributed by atoms with van der Waals surface area (Å²) in [7, 11) is 1.43. The van der Waals surface area contributed by atoms with E-state index in [2.05, 4.69) is 11.3 Å². The average molecular weight is 529 g/mol. The summed E-state index contributed by atoms with van der Waals surface area (Å²) in [5.41, 5.74) is -2.32. The molecule has 3 aromatic carbocycles. The predicted molar refractivity (Wildman–Crippen MR) is 115 cm³/mol. The van der Waals surface area contributed by atoms with Crippen LogP contribution in [0.15, 0.2) is 48.7 Å². The first-order valence-corrected chi connectivity index (χ1v) is 10.4. The summed E-state index contributed by atoms with van der Waals surface area (Å²) in [6.45, 7) is 3.15. The van der Waals surface area contributed by atoms with Crippen LogP contribution in [0.5, 0.6) is 5.75 Å². The Morgan fingerprint density at radius 1 is 0.919 bits per heavy atom. The molecule has 0 unspecified atom stereocenters. The molecule has 4 rings (SSSR count). The van der Waals surface area contributed by atoms with Crippen molar-refractivity contribution in [1.29, 1.82) is 0 Å². The molecule has 4 nitrogen and oxygen atoms in total. The summed E-state index contributed by atoms with van der Waals surface area (Å²) in [5, 5.41) is 0. The van der Waals surface area contributed by atoms with Gasteiger partial charge in [0.1, 0.15) is 5.82 Å². The maximum Gasteiger partial charge on any atom is 0.482 e. The van der Waals surface area contributed by atoms with Gasteiger partial charge in [0.2, 0.25) is 5.82 Å². The first kappa shape index (κ1) is 26.0. The van der Waals surface area contributed by atoms with Crippen LogP contribution in [0, 0.1) is 34.9 Å². The highest BCUT2D eigenvalue weighted by Crippen LogP contribution is 2.44. The monoisotopic (exact) mass is 529 g/mol. The molecule has 0 atom stereocenters. The number of ether oxygens (including phenoxy) is 2. The van der Waals surface area contributed by atoms with Crippen molar-refractivity contribution < 1.29 is 49.4 Å². The van der Waals surface area contributed by atoms with Gasteiger partial charge in [-0.15, -0.1) is 0 Å². The lowest BCUT2D eigenvalue weighted by Gasteiger charge is -2.34. The van der Waals surface area contributed by atoms with Gasteiger partial charge in [-0.25, -0.2) is 26.3 Å². The van der Waals surface area contributed by atoms with E-state index in [1.165, 1.54) is 19.2 Å². The minimum absolute atomic E-state index is 0.273. The van der Waals surface area contributed by atoms with E-state index in [0.29, 0.717) is 28.7 Å².